The molecule has 0 spiro atoms. The lowest BCUT2D eigenvalue weighted by Crippen LogP contribution is -2.38. The lowest BCUT2D eigenvalue weighted by molar-refractivity contribution is -0.0628. The average Bonchev–Trinajstić information content (AvgIpc) is 2.42. The number of aromatic nitrogens is 2. The molecular weight excluding hydrogens is 264 g/mol. The average molecular weight is 286 g/mol. The second-order valence-electron chi connectivity index (χ2n) is 4.74. The maximum absolute atomic E-state index is 11.9. The van der Waals surface area contributed by atoms with E-state index in [1.54, 1.807) is 13.2 Å². The van der Waals surface area contributed by atoms with Crippen LogP contribution >= 0.6 is 0 Å². The highest BCUT2D eigenvalue weighted by atomic mass is 16.7. The van der Waals surface area contributed by atoms with Crippen molar-refractivity contribution in [3.8, 4) is 0 Å². The molecule has 0 aliphatic heterocycles. The van der Waals surface area contributed by atoms with Crippen LogP contribution in [-0.4, -0.2) is 40.9 Å². The van der Waals surface area contributed by atoms with Crippen LogP contribution in [0.25, 0.3) is 0 Å². The quantitative estimate of drug-likeness (QED) is 0.509. The number of nitrogens with zero attached hydrogens (tertiary/aromatic N) is 2. The summed E-state index contributed by atoms with van der Waals surface area (Å²) in [4.78, 5) is 23.4. The van der Waals surface area contributed by atoms with Gasteiger partial charge in [-0.05, 0) is 19.3 Å². The van der Waals surface area contributed by atoms with E-state index in [9.17, 15) is 14.7 Å². The summed E-state index contributed by atoms with van der Waals surface area (Å²) in [5.74, 6) is 0. The predicted molar refractivity (Wildman–Crippen MR) is 73.7 cm³/mol. The van der Waals surface area contributed by atoms with Crippen LogP contribution in [-0.2, 0) is 30.0 Å². The van der Waals surface area contributed by atoms with Gasteiger partial charge in [0.2, 0.25) is 0 Å². The van der Waals surface area contributed by atoms with Gasteiger partial charge in [-0.2, -0.15) is 0 Å². The molecule has 0 aliphatic carbocycles. The SMILES string of the molecule is COCOCC(O)CCCc1cn(C)c(=O)n(C)c1=O. The molecule has 1 rings (SSSR count). The molecular formula is C13H22N2O5. The van der Waals surface area contributed by atoms with Gasteiger partial charge in [-0.15, -0.1) is 0 Å². The number of ether oxygens (including phenoxy) is 2. The van der Waals surface area contributed by atoms with Crippen molar-refractivity contribution in [2.75, 3.05) is 20.5 Å². The Balaban J connectivity index is 2.51. The first kappa shape index (κ1) is 16.6. The molecule has 0 fully saturated rings. The fraction of sp³-hybridized carbons (Fsp3) is 0.692. The normalized spacial score (nSPS) is 12.6. The molecule has 0 saturated carbocycles. The molecule has 7 heteroatoms. The van der Waals surface area contributed by atoms with Crippen LogP contribution in [0, 0.1) is 0 Å². The molecule has 0 aliphatic rings. The molecule has 0 radical (unpaired) electrons. The number of aliphatic hydroxyl groups excluding tert-OH is 1. The zero-order chi connectivity index (χ0) is 15.1. The molecule has 0 amide bonds. The van der Waals surface area contributed by atoms with Crippen molar-refractivity contribution in [3.05, 3.63) is 32.6 Å². The van der Waals surface area contributed by atoms with E-state index in [1.807, 2.05) is 0 Å². The standard InChI is InChI=1S/C13H22N2O5/c1-14-7-10(12(17)15(2)13(14)18)5-4-6-11(16)8-20-9-19-3/h7,11,16H,4-6,8-9H2,1-3H3. The van der Waals surface area contributed by atoms with Crippen molar-refractivity contribution in [2.45, 2.75) is 25.4 Å². The second kappa shape index (κ2) is 7.98. The van der Waals surface area contributed by atoms with Crippen molar-refractivity contribution in [3.63, 3.8) is 0 Å². The molecule has 1 heterocycles. The van der Waals surface area contributed by atoms with Gasteiger partial charge in [-0.3, -0.25) is 9.36 Å². The Hall–Kier alpha value is -1.44. The molecule has 1 aromatic heterocycles. The van der Waals surface area contributed by atoms with Crippen molar-refractivity contribution < 1.29 is 14.6 Å². The number of aryl methyl sites for hydroxylation is 2. The summed E-state index contributed by atoms with van der Waals surface area (Å²) >= 11 is 0. The highest BCUT2D eigenvalue weighted by Gasteiger charge is 2.09. The summed E-state index contributed by atoms with van der Waals surface area (Å²) < 4.78 is 12.2. The van der Waals surface area contributed by atoms with Crippen LogP contribution in [0.3, 0.4) is 0 Å². The molecule has 1 aromatic rings. The van der Waals surface area contributed by atoms with Gasteiger partial charge in [0.15, 0.2) is 0 Å². The van der Waals surface area contributed by atoms with E-state index in [0.29, 0.717) is 24.8 Å². The predicted octanol–water partition coefficient (Wildman–Crippen LogP) is -0.612. The minimum atomic E-state index is -0.582. The number of rotatable bonds is 8. The smallest absolute Gasteiger partial charge is 0.330 e. The highest BCUT2D eigenvalue weighted by molar-refractivity contribution is 5.05. The summed E-state index contributed by atoms with van der Waals surface area (Å²) in [7, 11) is 4.59. The van der Waals surface area contributed by atoms with E-state index in [1.165, 1.54) is 18.7 Å². The summed E-state index contributed by atoms with van der Waals surface area (Å²) in [5, 5.41) is 9.66. The van der Waals surface area contributed by atoms with E-state index >= 15 is 0 Å². The van der Waals surface area contributed by atoms with Gasteiger partial charge in [-0.1, -0.05) is 0 Å². The molecule has 20 heavy (non-hydrogen) atoms. The van der Waals surface area contributed by atoms with Crippen molar-refractivity contribution >= 4 is 0 Å². The van der Waals surface area contributed by atoms with Crippen molar-refractivity contribution in [2.24, 2.45) is 14.1 Å². The van der Waals surface area contributed by atoms with Crippen LogP contribution < -0.4 is 11.2 Å². The molecule has 1 atom stereocenters. The van der Waals surface area contributed by atoms with Crippen LogP contribution in [0.5, 0.6) is 0 Å². The van der Waals surface area contributed by atoms with Crippen molar-refractivity contribution in [1.82, 2.24) is 9.13 Å². The number of aliphatic hydroxyl groups is 1. The van der Waals surface area contributed by atoms with Gasteiger partial charge >= 0.3 is 5.69 Å². The van der Waals surface area contributed by atoms with Crippen LogP contribution in [0.4, 0.5) is 0 Å². The summed E-state index contributed by atoms with van der Waals surface area (Å²) in [5.41, 5.74) is -0.0513. The van der Waals surface area contributed by atoms with Gasteiger partial charge < -0.3 is 19.1 Å². The largest absolute Gasteiger partial charge is 0.391 e. The second-order valence-corrected chi connectivity index (χ2v) is 4.74. The van der Waals surface area contributed by atoms with Crippen molar-refractivity contribution in [1.29, 1.82) is 0 Å². The lowest BCUT2D eigenvalue weighted by Gasteiger charge is -2.11. The Morgan fingerprint density at radius 2 is 2.05 bits per heavy atom. The van der Waals surface area contributed by atoms with E-state index in [4.69, 9.17) is 9.47 Å². The lowest BCUT2D eigenvalue weighted by atomic mass is 10.1. The van der Waals surface area contributed by atoms with Crippen LogP contribution in [0.1, 0.15) is 18.4 Å². The van der Waals surface area contributed by atoms with Gasteiger partial charge in [0.05, 0.1) is 12.7 Å². The minimum Gasteiger partial charge on any atom is -0.391 e. The maximum Gasteiger partial charge on any atom is 0.330 e. The Morgan fingerprint density at radius 3 is 2.70 bits per heavy atom. The zero-order valence-corrected chi connectivity index (χ0v) is 12.2. The van der Waals surface area contributed by atoms with E-state index in [-0.39, 0.29) is 24.6 Å². The first-order valence-corrected chi connectivity index (χ1v) is 6.47. The topological polar surface area (TPSA) is 82.7 Å². The number of hydrogen-bond donors (Lipinski definition) is 1. The first-order valence-electron chi connectivity index (χ1n) is 6.47. The third-order valence-corrected chi connectivity index (χ3v) is 3.01. The Labute approximate surface area is 117 Å². The molecule has 0 bridgehead atoms. The first-order chi connectivity index (χ1) is 9.47. The maximum atomic E-state index is 11.9. The van der Waals surface area contributed by atoms with Gasteiger partial charge in [0, 0.05) is 33.0 Å². The summed E-state index contributed by atoms with van der Waals surface area (Å²) in [6, 6.07) is 0. The third-order valence-electron chi connectivity index (χ3n) is 3.01. The number of hydrogen-bond acceptors (Lipinski definition) is 5. The zero-order valence-electron chi connectivity index (χ0n) is 12.2. The molecule has 7 nitrogen and oxygen atoms in total. The summed E-state index contributed by atoms with van der Waals surface area (Å²) in [6.07, 6.45) is 2.66. The summed E-state index contributed by atoms with van der Waals surface area (Å²) in [6.45, 7) is 0.359. The van der Waals surface area contributed by atoms with E-state index in [2.05, 4.69) is 0 Å². The fourth-order valence-electron chi connectivity index (χ4n) is 1.93. The molecule has 1 N–H and O–H groups in total. The Bertz CT molecular complexity index is 535. The minimum absolute atomic E-state index is 0.151. The van der Waals surface area contributed by atoms with E-state index in [0.717, 1.165) is 4.57 Å². The molecule has 114 valence electrons. The van der Waals surface area contributed by atoms with E-state index < -0.39 is 6.10 Å². The van der Waals surface area contributed by atoms with Crippen LogP contribution in [0.2, 0.25) is 0 Å². The molecule has 0 saturated heterocycles. The van der Waals surface area contributed by atoms with Gasteiger partial charge in [-0.25, -0.2) is 4.79 Å². The number of methoxy groups -OCH3 is 1. The Morgan fingerprint density at radius 1 is 1.35 bits per heavy atom. The van der Waals surface area contributed by atoms with Gasteiger partial charge in [0.1, 0.15) is 6.79 Å². The molecule has 0 aromatic carbocycles. The fourth-order valence-corrected chi connectivity index (χ4v) is 1.93. The monoisotopic (exact) mass is 286 g/mol. The Kier molecular flexibility index (Phi) is 6.63. The van der Waals surface area contributed by atoms with Crippen LogP contribution in [0.15, 0.2) is 15.8 Å². The molecule has 1 unspecified atom stereocenters. The third kappa shape index (κ3) is 4.59. The highest BCUT2D eigenvalue weighted by Crippen LogP contribution is 2.03. The van der Waals surface area contributed by atoms with Gasteiger partial charge in [0.25, 0.3) is 5.56 Å².